The van der Waals surface area contributed by atoms with Crippen molar-refractivity contribution in [3.63, 3.8) is 0 Å². The minimum absolute atomic E-state index is 0.368. The predicted molar refractivity (Wildman–Crippen MR) is 61.7 cm³/mol. The van der Waals surface area contributed by atoms with E-state index in [1.807, 2.05) is 6.07 Å². The molecular weight excluding hydrogens is 188 g/mol. The van der Waals surface area contributed by atoms with E-state index in [1.54, 1.807) is 6.20 Å². The third-order valence-electron chi connectivity index (χ3n) is 3.05. The van der Waals surface area contributed by atoms with Crippen molar-refractivity contribution in [2.75, 3.05) is 17.2 Å². The van der Waals surface area contributed by atoms with E-state index in [0.717, 1.165) is 12.4 Å². The predicted octanol–water partition coefficient (Wildman–Crippen LogP) is 1.83. The number of hydrogen-bond donors (Lipinski definition) is 1. The molecule has 4 nitrogen and oxygen atoms in total. The Hall–Kier alpha value is -1.32. The molecule has 1 aromatic rings. The van der Waals surface area contributed by atoms with E-state index in [-0.39, 0.29) is 0 Å². The Labute approximate surface area is 90.5 Å². The van der Waals surface area contributed by atoms with Gasteiger partial charge in [0.25, 0.3) is 0 Å². The summed E-state index contributed by atoms with van der Waals surface area (Å²) in [6.07, 6.45) is 6.75. The first-order valence-electron chi connectivity index (χ1n) is 5.66. The van der Waals surface area contributed by atoms with E-state index in [9.17, 15) is 0 Å². The van der Waals surface area contributed by atoms with Crippen LogP contribution in [0.25, 0.3) is 0 Å². The van der Waals surface area contributed by atoms with Crippen LogP contribution in [0.2, 0.25) is 0 Å². The lowest BCUT2D eigenvalue weighted by Crippen LogP contribution is -2.39. The van der Waals surface area contributed by atoms with Crippen LogP contribution in [0.4, 0.5) is 11.8 Å². The van der Waals surface area contributed by atoms with Crippen molar-refractivity contribution in [1.82, 2.24) is 9.97 Å². The van der Waals surface area contributed by atoms with E-state index in [4.69, 9.17) is 5.73 Å². The Morgan fingerprint density at radius 2 is 2.40 bits per heavy atom. The first kappa shape index (κ1) is 10.2. The molecule has 0 aliphatic carbocycles. The number of aromatic nitrogens is 2. The summed E-state index contributed by atoms with van der Waals surface area (Å²) in [7, 11) is 0. The lowest BCUT2D eigenvalue weighted by Gasteiger charge is -2.36. The van der Waals surface area contributed by atoms with Gasteiger partial charge in [0.05, 0.1) is 0 Å². The summed E-state index contributed by atoms with van der Waals surface area (Å²) in [6.45, 7) is 3.32. The quantitative estimate of drug-likeness (QED) is 0.802. The van der Waals surface area contributed by atoms with Crippen LogP contribution in [0.15, 0.2) is 12.3 Å². The van der Waals surface area contributed by atoms with Crippen LogP contribution in [0.3, 0.4) is 0 Å². The molecule has 1 aliphatic heterocycles. The zero-order chi connectivity index (χ0) is 10.7. The summed E-state index contributed by atoms with van der Waals surface area (Å²) in [5, 5.41) is 0. The van der Waals surface area contributed by atoms with Crippen molar-refractivity contribution in [3.8, 4) is 0 Å². The van der Waals surface area contributed by atoms with Gasteiger partial charge in [0.2, 0.25) is 5.95 Å². The molecule has 0 aromatic carbocycles. The number of nitrogen functional groups attached to an aromatic ring is 1. The second-order valence-electron chi connectivity index (χ2n) is 4.02. The van der Waals surface area contributed by atoms with Gasteiger partial charge in [-0.3, -0.25) is 0 Å². The van der Waals surface area contributed by atoms with Gasteiger partial charge >= 0.3 is 0 Å². The molecule has 2 N–H and O–H groups in total. The van der Waals surface area contributed by atoms with Gasteiger partial charge in [-0.15, -0.1) is 0 Å². The van der Waals surface area contributed by atoms with Gasteiger partial charge in [-0.2, -0.15) is 4.98 Å². The van der Waals surface area contributed by atoms with Gasteiger partial charge < -0.3 is 10.6 Å². The smallest absolute Gasteiger partial charge is 0.221 e. The number of rotatable bonds is 2. The summed E-state index contributed by atoms with van der Waals surface area (Å²) >= 11 is 0. The van der Waals surface area contributed by atoms with E-state index in [2.05, 4.69) is 21.8 Å². The van der Waals surface area contributed by atoms with Crippen molar-refractivity contribution in [2.45, 2.75) is 38.6 Å². The first-order valence-corrected chi connectivity index (χ1v) is 5.66. The van der Waals surface area contributed by atoms with Crippen LogP contribution < -0.4 is 10.6 Å². The summed E-state index contributed by atoms with van der Waals surface area (Å²) in [5.74, 6) is 1.35. The maximum Gasteiger partial charge on any atom is 0.221 e. The highest BCUT2D eigenvalue weighted by Gasteiger charge is 2.21. The second-order valence-corrected chi connectivity index (χ2v) is 4.02. The van der Waals surface area contributed by atoms with Crippen molar-refractivity contribution < 1.29 is 0 Å². The molecule has 15 heavy (non-hydrogen) atoms. The monoisotopic (exact) mass is 206 g/mol. The number of piperidine rings is 1. The molecule has 0 amide bonds. The molecule has 1 saturated heterocycles. The fourth-order valence-electron chi connectivity index (χ4n) is 2.25. The van der Waals surface area contributed by atoms with Crippen LogP contribution >= 0.6 is 0 Å². The van der Waals surface area contributed by atoms with Crippen LogP contribution in [0, 0.1) is 0 Å². The van der Waals surface area contributed by atoms with E-state index in [0.29, 0.717) is 12.0 Å². The van der Waals surface area contributed by atoms with Gasteiger partial charge in [-0.25, -0.2) is 4.98 Å². The summed E-state index contributed by atoms with van der Waals surface area (Å²) in [6, 6.07) is 2.57. The Bertz CT molecular complexity index is 326. The Kier molecular flexibility index (Phi) is 3.04. The van der Waals surface area contributed by atoms with Crippen molar-refractivity contribution in [3.05, 3.63) is 12.3 Å². The van der Waals surface area contributed by atoms with Gasteiger partial charge in [0, 0.05) is 18.8 Å². The normalized spacial score (nSPS) is 21.7. The zero-order valence-electron chi connectivity index (χ0n) is 9.19. The topological polar surface area (TPSA) is 55.0 Å². The van der Waals surface area contributed by atoms with Crippen LogP contribution in [0.5, 0.6) is 0 Å². The molecule has 0 saturated carbocycles. The van der Waals surface area contributed by atoms with Crippen LogP contribution in [0.1, 0.15) is 32.6 Å². The summed E-state index contributed by atoms with van der Waals surface area (Å²) in [5.41, 5.74) is 5.60. The lowest BCUT2D eigenvalue weighted by atomic mass is 10.0. The molecular formula is C11H18N4. The number of nitrogens with two attached hydrogens (primary N) is 1. The van der Waals surface area contributed by atoms with Crippen LogP contribution in [-0.2, 0) is 0 Å². The largest absolute Gasteiger partial charge is 0.368 e. The fourth-order valence-corrected chi connectivity index (χ4v) is 2.25. The number of hydrogen-bond acceptors (Lipinski definition) is 4. The molecule has 1 atom stereocenters. The van der Waals surface area contributed by atoms with Gasteiger partial charge in [-0.05, 0) is 31.7 Å². The Morgan fingerprint density at radius 1 is 1.53 bits per heavy atom. The fraction of sp³-hybridized carbons (Fsp3) is 0.636. The number of nitrogens with zero attached hydrogens (tertiary/aromatic N) is 3. The molecule has 1 aliphatic rings. The second kappa shape index (κ2) is 4.47. The highest BCUT2D eigenvalue weighted by atomic mass is 15.2. The van der Waals surface area contributed by atoms with E-state index < -0.39 is 0 Å². The van der Waals surface area contributed by atoms with Crippen LogP contribution in [-0.4, -0.2) is 22.6 Å². The minimum Gasteiger partial charge on any atom is -0.368 e. The Morgan fingerprint density at radius 3 is 3.13 bits per heavy atom. The average molecular weight is 206 g/mol. The molecule has 0 bridgehead atoms. The Balaban J connectivity index is 2.20. The molecule has 1 unspecified atom stereocenters. The first-order chi connectivity index (χ1) is 7.31. The molecule has 1 fully saturated rings. The molecule has 4 heteroatoms. The molecule has 2 heterocycles. The molecule has 82 valence electrons. The summed E-state index contributed by atoms with van der Waals surface area (Å²) in [4.78, 5) is 10.6. The summed E-state index contributed by atoms with van der Waals surface area (Å²) < 4.78 is 0. The third-order valence-corrected chi connectivity index (χ3v) is 3.05. The van der Waals surface area contributed by atoms with Crippen molar-refractivity contribution in [1.29, 1.82) is 0 Å². The van der Waals surface area contributed by atoms with Gasteiger partial charge in [0.15, 0.2) is 0 Å². The van der Waals surface area contributed by atoms with Crippen molar-refractivity contribution in [2.24, 2.45) is 0 Å². The molecule has 0 radical (unpaired) electrons. The average Bonchev–Trinajstić information content (AvgIpc) is 2.29. The van der Waals surface area contributed by atoms with Gasteiger partial charge in [-0.1, -0.05) is 6.92 Å². The van der Waals surface area contributed by atoms with E-state index in [1.165, 1.54) is 25.7 Å². The molecule has 0 spiro atoms. The third kappa shape index (κ3) is 2.19. The van der Waals surface area contributed by atoms with E-state index >= 15 is 0 Å². The van der Waals surface area contributed by atoms with Crippen molar-refractivity contribution >= 4 is 11.8 Å². The number of anilines is 2. The maximum absolute atomic E-state index is 5.60. The maximum atomic E-state index is 5.60. The highest BCUT2D eigenvalue weighted by molar-refractivity contribution is 5.42. The molecule has 2 rings (SSSR count). The van der Waals surface area contributed by atoms with Gasteiger partial charge in [0.1, 0.15) is 5.82 Å². The zero-order valence-corrected chi connectivity index (χ0v) is 9.19. The highest BCUT2D eigenvalue weighted by Crippen LogP contribution is 2.24. The molecule has 1 aromatic heterocycles. The lowest BCUT2D eigenvalue weighted by molar-refractivity contribution is 0.447. The standard InChI is InChI=1S/C11H18N4/c1-2-9-5-3-4-8-15(9)10-6-7-13-11(12)14-10/h6-7,9H,2-5,8H2,1H3,(H2,12,13,14). The SMILES string of the molecule is CCC1CCCCN1c1ccnc(N)n1. The minimum atomic E-state index is 0.368.